The van der Waals surface area contributed by atoms with Crippen molar-refractivity contribution >= 4 is 21.6 Å². The van der Waals surface area contributed by atoms with E-state index in [1.54, 1.807) is 0 Å². The lowest BCUT2D eigenvalue weighted by Gasteiger charge is -2.37. The Balaban J connectivity index is 2.16. The van der Waals surface area contributed by atoms with E-state index < -0.39 is 0 Å². The van der Waals surface area contributed by atoms with Crippen LogP contribution in [0.25, 0.3) is 0 Å². The molecule has 1 aromatic carbocycles. The molecule has 2 aliphatic rings. The first-order chi connectivity index (χ1) is 7.66. The van der Waals surface area contributed by atoms with E-state index in [1.165, 1.54) is 34.4 Å². The molecule has 1 saturated heterocycles. The Bertz CT molecular complexity index is 430. The van der Waals surface area contributed by atoms with Crippen LogP contribution in [0.4, 0.5) is 5.69 Å². The van der Waals surface area contributed by atoms with E-state index in [0.29, 0.717) is 5.92 Å². The Morgan fingerprint density at radius 2 is 2.19 bits per heavy atom. The monoisotopic (exact) mass is 280 g/mol. The van der Waals surface area contributed by atoms with Crippen LogP contribution in [-0.2, 0) is 0 Å². The number of fused-ring (bicyclic) bond motifs is 3. The normalized spacial score (nSPS) is 27.8. The van der Waals surface area contributed by atoms with Crippen LogP contribution in [0.1, 0.15) is 17.0 Å². The topological polar surface area (TPSA) is 15.3 Å². The first kappa shape index (κ1) is 10.6. The molecule has 0 radical (unpaired) electrons. The highest BCUT2D eigenvalue weighted by Crippen LogP contribution is 2.42. The van der Waals surface area contributed by atoms with Crippen molar-refractivity contribution in [1.82, 2.24) is 5.32 Å². The molecule has 2 aliphatic heterocycles. The molecule has 86 valence electrons. The molecule has 16 heavy (non-hydrogen) atoms. The molecule has 3 heteroatoms. The number of anilines is 1. The van der Waals surface area contributed by atoms with E-state index in [0.717, 1.165) is 12.5 Å². The fourth-order valence-corrected chi connectivity index (χ4v) is 3.89. The average molecular weight is 281 g/mol. The number of hydrogen-bond donors (Lipinski definition) is 1. The van der Waals surface area contributed by atoms with Gasteiger partial charge in [-0.3, -0.25) is 0 Å². The Morgan fingerprint density at radius 3 is 3.00 bits per heavy atom. The molecule has 2 nitrogen and oxygen atoms in total. The Kier molecular flexibility index (Phi) is 2.48. The third-order valence-corrected chi connectivity index (χ3v) is 4.38. The molecular weight excluding hydrogens is 264 g/mol. The van der Waals surface area contributed by atoms with Gasteiger partial charge in [0.2, 0.25) is 0 Å². The number of halogens is 1. The summed E-state index contributed by atoms with van der Waals surface area (Å²) in [6.07, 6.45) is 0. The molecule has 0 aliphatic carbocycles. The number of hydrogen-bond acceptors (Lipinski definition) is 2. The van der Waals surface area contributed by atoms with E-state index in [4.69, 9.17) is 0 Å². The van der Waals surface area contributed by atoms with Crippen LogP contribution in [-0.4, -0.2) is 26.7 Å². The second-order valence-electron chi connectivity index (χ2n) is 5.07. The SMILES string of the molecule is Cc1cc(Br)cc2c1N(C)C[C@@H]1CNC[C@H]21. The molecule has 3 rings (SSSR count). The summed E-state index contributed by atoms with van der Waals surface area (Å²) in [5.41, 5.74) is 4.36. The summed E-state index contributed by atoms with van der Waals surface area (Å²) in [6.45, 7) is 5.71. The number of rotatable bonds is 0. The molecule has 0 aromatic heterocycles. The van der Waals surface area contributed by atoms with Gasteiger partial charge < -0.3 is 10.2 Å². The van der Waals surface area contributed by atoms with Gasteiger partial charge in [-0.05, 0) is 36.1 Å². The predicted octanol–water partition coefficient (Wildman–Crippen LogP) is 2.51. The standard InChI is InChI=1S/C13H17BrN2/c1-8-3-10(14)4-11-12-6-15-5-9(12)7-16(2)13(8)11/h3-4,9,12,15H,5-7H2,1-2H3/t9-,12-/m0/s1. The Labute approximate surface area is 105 Å². The van der Waals surface area contributed by atoms with Gasteiger partial charge in [-0.1, -0.05) is 15.9 Å². The zero-order chi connectivity index (χ0) is 11.3. The minimum Gasteiger partial charge on any atom is -0.374 e. The minimum absolute atomic E-state index is 0.711. The first-order valence-corrected chi connectivity index (χ1v) is 6.68. The number of nitrogens with zero attached hydrogens (tertiary/aromatic N) is 1. The molecule has 1 N–H and O–H groups in total. The lowest BCUT2D eigenvalue weighted by Crippen LogP contribution is -2.35. The Morgan fingerprint density at radius 1 is 1.38 bits per heavy atom. The quantitative estimate of drug-likeness (QED) is 0.786. The summed E-state index contributed by atoms with van der Waals surface area (Å²) >= 11 is 3.62. The summed E-state index contributed by atoms with van der Waals surface area (Å²) < 4.78 is 1.21. The van der Waals surface area contributed by atoms with Gasteiger partial charge in [-0.15, -0.1) is 0 Å². The van der Waals surface area contributed by atoms with Crippen molar-refractivity contribution in [2.75, 3.05) is 31.6 Å². The van der Waals surface area contributed by atoms with Crippen molar-refractivity contribution in [3.05, 3.63) is 27.7 Å². The van der Waals surface area contributed by atoms with Crippen LogP contribution in [0.5, 0.6) is 0 Å². The zero-order valence-corrected chi connectivity index (χ0v) is 11.3. The van der Waals surface area contributed by atoms with E-state index in [2.05, 4.69) is 52.3 Å². The van der Waals surface area contributed by atoms with Crippen molar-refractivity contribution in [2.45, 2.75) is 12.8 Å². The van der Waals surface area contributed by atoms with Gasteiger partial charge >= 0.3 is 0 Å². The van der Waals surface area contributed by atoms with Crippen LogP contribution >= 0.6 is 15.9 Å². The molecule has 0 unspecified atom stereocenters. The van der Waals surface area contributed by atoms with Crippen molar-refractivity contribution in [3.63, 3.8) is 0 Å². The van der Waals surface area contributed by atoms with E-state index in [1.807, 2.05) is 0 Å². The highest BCUT2D eigenvalue weighted by atomic mass is 79.9. The van der Waals surface area contributed by atoms with E-state index >= 15 is 0 Å². The molecule has 1 aromatic rings. The van der Waals surface area contributed by atoms with Gasteiger partial charge in [-0.2, -0.15) is 0 Å². The number of nitrogens with one attached hydrogen (secondary N) is 1. The molecule has 0 saturated carbocycles. The molecule has 0 spiro atoms. The van der Waals surface area contributed by atoms with Crippen LogP contribution in [0.15, 0.2) is 16.6 Å². The summed E-state index contributed by atoms with van der Waals surface area (Å²) in [4.78, 5) is 2.42. The van der Waals surface area contributed by atoms with Gasteiger partial charge in [0.1, 0.15) is 0 Å². The Hall–Kier alpha value is -0.540. The van der Waals surface area contributed by atoms with Gasteiger partial charge in [-0.25, -0.2) is 0 Å². The first-order valence-electron chi connectivity index (χ1n) is 5.88. The largest absolute Gasteiger partial charge is 0.374 e. The second-order valence-corrected chi connectivity index (χ2v) is 5.98. The summed E-state index contributed by atoms with van der Waals surface area (Å²) in [5, 5.41) is 3.52. The molecule has 0 bridgehead atoms. The third kappa shape index (κ3) is 1.49. The van der Waals surface area contributed by atoms with Crippen molar-refractivity contribution < 1.29 is 0 Å². The number of aryl methyl sites for hydroxylation is 1. The molecular formula is C13H17BrN2. The van der Waals surface area contributed by atoms with Crippen LogP contribution < -0.4 is 10.2 Å². The summed E-state index contributed by atoms with van der Waals surface area (Å²) in [7, 11) is 2.22. The van der Waals surface area contributed by atoms with Crippen LogP contribution in [0.3, 0.4) is 0 Å². The maximum Gasteiger partial charge on any atom is 0.0430 e. The lowest BCUT2D eigenvalue weighted by atomic mass is 9.83. The summed E-state index contributed by atoms with van der Waals surface area (Å²) in [6, 6.07) is 4.53. The van der Waals surface area contributed by atoms with Crippen molar-refractivity contribution in [2.24, 2.45) is 5.92 Å². The number of benzene rings is 1. The van der Waals surface area contributed by atoms with Crippen molar-refractivity contribution in [1.29, 1.82) is 0 Å². The maximum atomic E-state index is 3.62. The molecule has 1 fully saturated rings. The summed E-state index contributed by atoms with van der Waals surface area (Å²) in [5.74, 6) is 1.49. The highest BCUT2D eigenvalue weighted by molar-refractivity contribution is 9.10. The average Bonchev–Trinajstić information content (AvgIpc) is 2.64. The van der Waals surface area contributed by atoms with Gasteiger partial charge in [0, 0.05) is 42.8 Å². The zero-order valence-electron chi connectivity index (χ0n) is 9.76. The van der Waals surface area contributed by atoms with Crippen LogP contribution in [0.2, 0.25) is 0 Å². The smallest absolute Gasteiger partial charge is 0.0430 e. The minimum atomic E-state index is 0.711. The van der Waals surface area contributed by atoms with E-state index in [9.17, 15) is 0 Å². The third-order valence-electron chi connectivity index (χ3n) is 3.92. The predicted molar refractivity (Wildman–Crippen MR) is 71.2 cm³/mol. The maximum absolute atomic E-state index is 3.62. The molecule has 2 heterocycles. The fraction of sp³-hybridized carbons (Fsp3) is 0.538. The molecule has 2 atom stereocenters. The van der Waals surface area contributed by atoms with Gasteiger partial charge in [0.25, 0.3) is 0 Å². The fourth-order valence-electron chi connectivity index (χ4n) is 3.30. The highest BCUT2D eigenvalue weighted by Gasteiger charge is 2.36. The van der Waals surface area contributed by atoms with Crippen LogP contribution in [0, 0.1) is 12.8 Å². The lowest BCUT2D eigenvalue weighted by molar-refractivity contribution is 0.495. The van der Waals surface area contributed by atoms with E-state index in [-0.39, 0.29) is 0 Å². The van der Waals surface area contributed by atoms with Gasteiger partial charge in [0.05, 0.1) is 0 Å². The van der Waals surface area contributed by atoms with Gasteiger partial charge in [0.15, 0.2) is 0 Å². The molecule has 0 amide bonds. The second kappa shape index (κ2) is 3.74. The van der Waals surface area contributed by atoms with Crippen molar-refractivity contribution in [3.8, 4) is 0 Å².